The first-order valence-electron chi connectivity index (χ1n) is 6.49. The van der Waals surface area contributed by atoms with Crippen LogP contribution in [0.2, 0.25) is 0 Å². The zero-order chi connectivity index (χ0) is 12.4. The predicted molar refractivity (Wildman–Crippen MR) is 68.8 cm³/mol. The molecule has 0 aromatic heterocycles. The highest BCUT2D eigenvalue weighted by Gasteiger charge is 2.29. The Balaban J connectivity index is 1.75. The fourth-order valence-corrected chi connectivity index (χ4v) is 2.03. The van der Waals surface area contributed by atoms with Gasteiger partial charge in [0.15, 0.2) is 0 Å². The van der Waals surface area contributed by atoms with E-state index in [1.165, 1.54) is 18.4 Å². The van der Waals surface area contributed by atoms with Crippen molar-refractivity contribution in [3.05, 3.63) is 11.1 Å². The Morgan fingerprint density at radius 2 is 2.18 bits per heavy atom. The van der Waals surface area contributed by atoms with Crippen molar-refractivity contribution in [2.45, 2.75) is 38.8 Å². The Labute approximate surface area is 103 Å². The Hall–Kier alpha value is -0.870. The Morgan fingerprint density at radius 1 is 1.53 bits per heavy atom. The molecule has 1 unspecified atom stereocenters. The van der Waals surface area contributed by atoms with Gasteiger partial charge in [-0.25, -0.2) is 0 Å². The SMILES string of the molecule is CC(C(=O)NCC(C)N(C)C1CC1)=C1CNC1. The topological polar surface area (TPSA) is 44.4 Å². The van der Waals surface area contributed by atoms with Crippen LogP contribution in [-0.2, 0) is 4.79 Å². The molecule has 0 spiro atoms. The molecule has 2 rings (SSSR count). The Bertz CT molecular complexity index is 328. The monoisotopic (exact) mass is 237 g/mol. The Kier molecular flexibility index (Phi) is 3.84. The minimum Gasteiger partial charge on any atom is -0.351 e. The summed E-state index contributed by atoms with van der Waals surface area (Å²) in [6.07, 6.45) is 2.62. The summed E-state index contributed by atoms with van der Waals surface area (Å²) in [6.45, 7) is 6.57. The first-order valence-corrected chi connectivity index (χ1v) is 6.49. The molecule has 4 nitrogen and oxygen atoms in total. The quantitative estimate of drug-likeness (QED) is 0.685. The zero-order valence-corrected chi connectivity index (χ0v) is 11.0. The van der Waals surface area contributed by atoms with Crippen LogP contribution in [0.25, 0.3) is 0 Å². The van der Waals surface area contributed by atoms with Crippen molar-refractivity contribution in [2.75, 3.05) is 26.7 Å². The van der Waals surface area contributed by atoms with Gasteiger partial charge in [0.2, 0.25) is 5.91 Å². The van der Waals surface area contributed by atoms with Crippen molar-refractivity contribution in [1.29, 1.82) is 0 Å². The lowest BCUT2D eigenvalue weighted by Gasteiger charge is -2.25. The van der Waals surface area contributed by atoms with Crippen molar-refractivity contribution in [1.82, 2.24) is 15.5 Å². The number of rotatable bonds is 5. The molecule has 0 radical (unpaired) electrons. The van der Waals surface area contributed by atoms with Crippen molar-refractivity contribution >= 4 is 5.91 Å². The summed E-state index contributed by atoms with van der Waals surface area (Å²) < 4.78 is 0. The summed E-state index contributed by atoms with van der Waals surface area (Å²) in [4.78, 5) is 14.2. The fraction of sp³-hybridized carbons (Fsp3) is 0.769. The summed E-state index contributed by atoms with van der Waals surface area (Å²) in [5.74, 6) is 0.0950. The van der Waals surface area contributed by atoms with Crippen LogP contribution in [0.4, 0.5) is 0 Å². The molecule has 2 aliphatic rings. The molecule has 0 aromatic rings. The van der Waals surface area contributed by atoms with Crippen molar-refractivity contribution in [2.24, 2.45) is 0 Å². The molecule has 1 aliphatic carbocycles. The molecule has 4 heteroatoms. The highest BCUT2D eigenvalue weighted by Crippen LogP contribution is 2.26. The average molecular weight is 237 g/mol. The second-order valence-electron chi connectivity index (χ2n) is 5.29. The van der Waals surface area contributed by atoms with E-state index in [4.69, 9.17) is 0 Å². The number of amides is 1. The van der Waals surface area contributed by atoms with E-state index >= 15 is 0 Å². The number of hydrogen-bond donors (Lipinski definition) is 2. The largest absolute Gasteiger partial charge is 0.351 e. The van der Waals surface area contributed by atoms with E-state index in [-0.39, 0.29) is 5.91 Å². The summed E-state index contributed by atoms with van der Waals surface area (Å²) in [5, 5.41) is 6.19. The third kappa shape index (κ3) is 3.07. The zero-order valence-electron chi connectivity index (χ0n) is 11.0. The first-order chi connectivity index (χ1) is 8.09. The molecule has 1 atom stereocenters. The van der Waals surface area contributed by atoms with Crippen LogP contribution >= 0.6 is 0 Å². The molecule has 0 bridgehead atoms. The highest BCUT2D eigenvalue weighted by molar-refractivity contribution is 5.93. The second-order valence-corrected chi connectivity index (χ2v) is 5.29. The maximum atomic E-state index is 11.9. The highest BCUT2D eigenvalue weighted by atomic mass is 16.1. The van der Waals surface area contributed by atoms with E-state index in [0.717, 1.165) is 31.2 Å². The smallest absolute Gasteiger partial charge is 0.247 e. The lowest BCUT2D eigenvalue weighted by Crippen LogP contribution is -2.43. The van der Waals surface area contributed by atoms with Crippen LogP contribution in [0.3, 0.4) is 0 Å². The number of nitrogens with one attached hydrogen (secondary N) is 2. The van der Waals surface area contributed by atoms with Gasteiger partial charge in [0, 0.05) is 37.3 Å². The summed E-state index contributed by atoms with van der Waals surface area (Å²) in [5.41, 5.74) is 2.13. The van der Waals surface area contributed by atoms with Gasteiger partial charge in [0.1, 0.15) is 0 Å². The van der Waals surface area contributed by atoms with Gasteiger partial charge in [-0.05, 0) is 39.3 Å². The van der Waals surface area contributed by atoms with Crippen LogP contribution in [-0.4, -0.2) is 49.6 Å². The molecule has 2 fully saturated rings. The molecule has 96 valence electrons. The van der Waals surface area contributed by atoms with Crippen molar-refractivity contribution < 1.29 is 4.79 Å². The Morgan fingerprint density at radius 3 is 2.65 bits per heavy atom. The number of carbonyl (C=O) groups excluding carboxylic acids is 1. The lowest BCUT2D eigenvalue weighted by molar-refractivity contribution is -0.117. The predicted octanol–water partition coefficient (Wildman–Crippen LogP) is 0.505. The van der Waals surface area contributed by atoms with Gasteiger partial charge >= 0.3 is 0 Å². The van der Waals surface area contributed by atoms with Gasteiger partial charge < -0.3 is 10.6 Å². The van der Waals surface area contributed by atoms with Gasteiger partial charge in [0.05, 0.1) is 0 Å². The van der Waals surface area contributed by atoms with Gasteiger partial charge in [0.25, 0.3) is 0 Å². The number of nitrogens with zero attached hydrogens (tertiary/aromatic N) is 1. The minimum absolute atomic E-state index is 0.0950. The molecule has 1 aliphatic heterocycles. The molecule has 17 heavy (non-hydrogen) atoms. The maximum absolute atomic E-state index is 11.9. The fourth-order valence-electron chi connectivity index (χ4n) is 2.03. The minimum atomic E-state index is 0.0950. The van der Waals surface area contributed by atoms with Crippen LogP contribution in [0.1, 0.15) is 26.7 Å². The maximum Gasteiger partial charge on any atom is 0.247 e. The van der Waals surface area contributed by atoms with E-state index in [2.05, 4.69) is 29.5 Å². The lowest BCUT2D eigenvalue weighted by atomic mass is 10.0. The van der Waals surface area contributed by atoms with Crippen LogP contribution in [0.15, 0.2) is 11.1 Å². The van der Waals surface area contributed by atoms with E-state index in [1.54, 1.807) is 0 Å². The molecular formula is C13H23N3O. The summed E-state index contributed by atoms with van der Waals surface area (Å²) in [7, 11) is 2.15. The van der Waals surface area contributed by atoms with Crippen LogP contribution in [0, 0.1) is 0 Å². The second kappa shape index (κ2) is 5.19. The van der Waals surface area contributed by atoms with Crippen molar-refractivity contribution in [3.8, 4) is 0 Å². The molecule has 0 aromatic carbocycles. The van der Waals surface area contributed by atoms with Gasteiger partial charge in [-0.3, -0.25) is 9.69 Å². The van der Waals surface area contributed by atoms with Gasteiger partial charge in [-0.15, -0.1) is 0 Å². The third-order valence-electron chi connectivity index (χ3n) is 3.92. The average Bonchev–Trinajstić information content (AvgIpc) is 3.05. The molecule has 2 N–H and O–H groups in total. The van der Waals surface area contributed by atoms with E-state index in [0.29, 0.717) is 6.04 Å². The van der Waals surface area contributed by atoms with Crippen molar-refractivity contribution in [3.63, 3.8) is 0 Å². The normalized spacial score (nSPS) is 21.1. The molecular weight excluding hydrogens is 214 g/mol. The molecule has 1 amide bonds. The third-order valence-corrected chi connectivity index (χ3v) is 3.92. The van der Waals surface area contributed by atoms with Gasteiger partial charge in [-0.2, -0.15) is 0 Å². The number of hydrogen-bond acceptors (Lipinski definition) is 3. The van der Waals surface area contributed by atoms with E-state index in [9.17, 15) is 4.79 Å². The summed E-state index contributed by atoms with van der Waals surface area (Å²) in [6, 6.07) is 1.17. The van der Waals surface area contributed by atoms with Gasteiger partial charge in [-0.1, -0.05) is 0 Å². The summed E-state index contributed by atoms with van der Waals surface area (Å²) >= 11 is 0. The molecule has 1 saturated carbocycles. The van der Waals surface area contributed by atoms with Crippen LogP contribution in [0.5, 0.6) is 0 Å². The van der Waals surface area contributed by atoms with E-state index < -0.39 is 0 Å². The standard InChI is InChI=1S/C13H23N3O/c1-9(16(3)12-4-5-12)6-15-13(17)10(2)11-7-14-8-11/h9,12,14H,4-8H2,1-3H3,(H,15,17). The number of likely N-dealkylation sites (N-methyl/N-ethyl adjacent to an activating group) is 1. The van der Waals surface area contributed by atoms with E-state index in [1.807, 2.05) is 6.92 Å². The van der Waals surface area contributed by atoms with Crippen LogP contribution < -0.4 is 10.6 Å². The molecule has 1 saturated heterocycles. The molecule has 1 heterocycles. The first kappa shape index (κ1) is 12.6. The number of carbonyl (C=O) groups is 1.